The van der Waals surface area contributed by atoms with Gasteiger partial charge in [-0.05, 0) is 11.5 Å². The molecule has 0 atom stereocenters. The molecule has 2 aromatic carbocycles. The van der Waals surface area contributed by atoms with E-state index in [4.69, 9.17) is 4.74 Å². The standard InChI is InChI=1S/C12H10O2.Ca.2H/c1-9(13)14-12-8-4-6-10-5-2-3-7-11(10)12;;;/h2-8H,1H3;;;. The van der Waals surface area contributed by atoms with E-state index in [9.17, 15) is 4.79 Å². The Labute approximate surface area is 118 Å². The van der Waals surface area contributed by atoms with Gasteiger partial charge in [0.15, 0.2) is 0 Å². The van der Waals surface area contributed by atoms with Crippen LogP contribution in [-0.4, -0.2) is 43.7 Å². The quantitative estimate of drug-likeness (QED) is 0.423. The fraction of sp³-hybridized carbons (Fsp3) is 0.0833. The van der Waals surface area contributed by atoms with Gasteiger partial charge in [-0.1, -0.05) is 36.4 Å². The first-order chi connectivity index (χ1) is 6.77. The van der Waals surface area contributed by atoms with E-state index in [1.165, 1.54) is 6.92 Å². The summed E-state index contributed by atoms with van der Waals surface area (Å²) in [5, 5.41) is 2.04. The van der Waals surface area contributed by atoms with Crippen LogP contribution in [0.25, 0.3) is 10.8 Å². The molecule has 0 spiro atoms. The number of rotatable bonds is 1. The number of carbonyl (C=O) groups is 1. The summed E-state index contributed by atoms with van der Waals surface area (Å²) in [6.07, 6.45) is 0. The predicted octanol–water partition coefficient (Wildman–Crippen LogP) is 1.85. The van der Waals surface area contributed by atoms with Gasteiger partial charge in [0, 0.05) is 12.3 Å². The van der Waals surface area contributed by atoms with Crippen LogP contribution >= 0.6 is 0 Å². The summed E-state index contributed by atoms with van der Waals surface area (Å²) in [5.74, 6) is 0.331. The van der Waals surface area contributed by atoms with Crippen molar-refractivity contribution in [1.29, 1.82) is 0 Å². The number of benzene rings is 2. The van der Waals surface area contributed by atoms with Crippen molar-refractivity contribution < 1.29 is 9.53 Å². The van der Waals surface area contributed by atoms with Crippen molar-refractivity contribution in [3.63, 3.8) is 0 Å². The Morgan fingerprint density at radius 3 is 2.47 bits per heavy atom. The van der Waals surface area contributed by atoms with Crippen LogP contribution in [0.1, 0.15) is 6.92 Å². The number of fused-ring (bicyclic) bond motifs is 1. The van der Waals surface area contributed by atoms with Crippen molar-refractivity contribution in [3.05, 3.63) is 42.5 Å². The van der Waals surface area contributed by atoms with Gasteiger partial charge in [-0.15, -0.1) is 0 Å². The summed E-state index contributed by atoms with van der Waals surface area (Å²) in [5.41, 5.74) is 0. The summed E-state index contributed by atoms with van der Waals surface area (Å²) in [6.45, 7) is 1.40. The van der Waals surface area contributed by atoms with Gasteiger partial charge in [0.05, 0.1) is 0 Å². The molecule has 2 nitrogen and oxygen atoms in total. The molecule has 0 unspecified atom stereocenters. The first-order valence-electron chi connectivity index (χ1n) is 4.43. The topological polar surface area (TPSA) is 26.3 Å². The molecular weight excluding hydrogens is 216 g/mol. The van der Waals surface area contributed by atoms with E-state index in [2.05, 4.69) is 0 Å². The Morgan fingerprint density at radius 1 is 1.07 bits per heavy atom. The van der Waals surface area contributed by atoms with E-state index >= 15 is 0 Å². The molecular formula is C12H12CaO2. The van der Waals surface area contributed by atoms with Crippen LogP contribution in [0.2, 0.25) is 0 Å². The molecule has 74 valence electrons. The molecule has 15 heavy (non-hydrogen) atoms. The molecule has 0 radical (unpaired) electrons. The van der Waals surface area contributed by atoms with Gasteiger partial charge in [0.25, 0.3) is 0 Å². The summed E-state index contributed by atoms with van der Waals surface area (Å²) in [7, 11) is 0. The zero-order chi connectivity index (χ0) is 9.97. The molecule has 0 amide bonds. The van der Waals surface area contributed by atoms with Gasteiger partial charge in [0.1, 0.15) is 5.75 Å². The molecule has 3 heteroatoms. The van der Waals surface area contributed by atoms with Crippen molar-refractivity contribution in [1.82, 2.24) is 0 Å². The van der Waals surface area contributed by atoms with Crippen molar-refractivity contribution in [2.75, 3.05) is 0 Å². The molecule has 0 aliphatic heterocycles. The monoisotopic (exact) mass is 228 g/mol. The van der Waals surface area contributed by atoms with Gasteiger partial charge in [-0.25, -0.2) is 0 Å². The Bertz CT molecular complexity index is 475. The number of hydrogen-bond donors (Lipinski definition) is 0. The molecule has 2 rings (SSSR count). The predicted molar refractivity (Wildman–Crippen MR) is 63.8 cm³/mol. The third-order valence-corrected chi connectivity index (χ3v) is 2.00. The molecule has 0 aromatic heterocycles. The van der Waals surface area contributed by atoms with Crippen molar-refractivity contribution in [2.24, 2.45) is 0 Å². The Hall–Kier alpha value is -0.570. The molecule has 0 N–H and O–H groups in total. The zero-order valence-corrected chi connectivity index (χ0v) is 7.86. The van der Waals surface area contributed by atoms with Crippen LogP contribution < -0.4 is 4.74 Å². The maximum atomic E-state index is 10.8. The average molecular weight is 228 g/mol. The SMILES string of the molecule is CC(=O)Oc1cccc2ccccc12.[CaH2]. The minimum atomic E-state index is -0.290. The second-order valence-corrected chi connectivity index (χ2v) is 3.07. The molecule has 0 saturated heterocycles. The number of ether oxygens (including phenoxy) is 1. The third-order valence-electron chi connectivity index (χ3n) is 2.00. The molecule has 0 heterocycles. The van der Waals surface area contributed by atoms with E-state index in [1.807, 2.05) is 36.4 Å². The fourth-order valence-corrected chi connectivity index (χ4v) is 1.44. The summed E-state index contributed by atoms with van der Waals surface area (Å²) >= 11 is 0. The van der Waals surface area contributed by atoms with Crippen LogP contribution in [0, 0.1) is 0 Å². The molecule has 0 aliphatic carbocycles. The Kier molecular flexibility index (Phi) is 4.58. The van der Waals surface area contributed by atoms with Gasteiger partial charge >= 0.3 is 43.7 Å². The van der Waals surface area contributed by atoms with Crippen LogP contribution in [0.15, 0.2) is 42.5 Å². The van der Waals surface area contributed by atoms with E-state index < -0.39 is 0 Å². The van der Waals surface area contributed by atoms with Crippen molar-refractivity contribution in [2.45, 2.75) is 6.92 Å². The van der Waals surface area contributed by atoms with Gasteiger partial charge in [-0.3, -0.25) is 4.79 Å². The van der Waals surface area contributed by atoms with Crippen LogP contribution in [0.4, 0.5) is 0 Å². The van der Waals surface area contributed by atoms with E-state index in [1.54, 1.807) is 6.07 Å². The number of carbonyl (C=O) groups excluding carboxylic acids is 1. The molecule has 0 bridgehead atoms. The molecule has 2 aromatic rings. The number of esters is 1. The van der Waals surface area contributed by atoms with E-state index in [-0.39, 0.29) is 43.7 Å². The Morgan fingerprint density at radius 2 is 1.73 bits per heavy atom. The third kappa shape index (κ3) is 2.94. The fourth-order valence-electron chi connectivity index (χ4n) is 1.44. The second-order valence-electron chi connectivity index (χ2n) is 3.07. The van der Waals surface area contributed by atoms with E-state index in [0.717, 1.165) is 10.8 Å². The zero-order valence-electron chi connectivity index (χ0n) is 7.86. The van der Waals surface area contributed by atoms with Crippen LogP contribution in [-0.2, 0) is 4.79 Å². The second kappa shape index (κ2) is 5.50. The van der Waals surface area contributed by atoms with Gasteiger partial charge in [-0.2, -0.15) is 0 Å². The summed E-state index contributed by atoms with van der Waals surface area (Å²) in [6, 6.07) is 13.5. The molecule has 0 fully saturated rings. The van der Waals surface area contributed by atoms with Crippen LogP contribution in [0.5, 0.6) is 5.75 Å². The summed E-state index contributed by atoms with van der Waals surface area (Å²) in [4.78, 5) is 10.8. The first-order valence-corrected chi connectivity index (χ1v) is 4.43. The van der Waals surface area contributed by atoms with E-state index in [0.29, 0.717) is 5.75 Å². The average Bonchev–Trinajstić information content (AvgIpc) is 2.18. The van der Waals surface area contributed by atoms with Gasteiger partial charge in [0.2, 0.25) is 0 Å². The van der Waals surface area contributed by atoms with Gasteiger partial charge < -0.3 is 4.74 Å². The van der Waals surface area contributed by atoms with Crippen molar-refractivity contribution >= 4 is 54.5 Å². The summed E-state index contributed by atoms with van der Waals surface area (Å²) < 4.78 is 5.09. The normalized spacial score (nSPS) is 9.40. The van der Waals surface area contributed by atoms with Crippen LogP contribution in [0.3, 0.4) is 0 Å². The number of hydrogen-bond acceptors (Lipinski definition) is 2. The molecule has 0 aliphatic rings. The Balaban J connectivity index is 0.00000112. The maximum absolute atomic E-state index is 10.8. The minimum absolute atomic E-state index is 0. The first kappa shape index (κ1) is 12.5. The van der Waals surface area contributed by atoms with Crippen molar-refractivity contribution in [3.8, 4) is 5.75 Å². The molecule has 0 saturated carbocycles.